The average molecular weight is 404 g/mol. The lowest BCUT2D eigenvalue weighted by Gasteiger charge is -2.18. The van der Waals surface area contributed by atoms with Crippen molar-refractivity contribution < 1.29 is 4.39 Å². The molecule has 8 nitrogen and oxygen atoms in total. The second-order valence-corrected chi connectivity index (χ2v) is 7.49. The highest BCUT2D eigenvalue weighted by Gasteiger charge is 2.32. The van der Waals surface area contributed by atoms with E-state index in [1.807, 2.05) is 13.0 Å². The SMILES string of the molecule is C[C@H](Nc1ncnc(N)c1N)c1nc2ccc(F)c(-c3cccnc3)c2n1C1CC1. The van der Waals surface area contributed by atoms with E-state index in [4.69, 9.17) is 16.5 Å². The molecular formula is C21H21FN8. The minimum atomic E-state index is -0.294. The Morgan fingerprint density at radius 3 is 2.77 bits per heavy atom. The van der Waals surface area contributed by atoms with Crippen molar-refractivity contribution in [1.82, 2.24) is 24.5 Å². The molecule has 0 aliphatic heterocycles. The van der Waals surface area contributed by atoms with Gasteiger partial charge in [-0.25, -0.2) is 19.3 Å². The Morgan fingerprint density at radius 2 is 2.03 bits per heavy atom. The molecule has 0 spiro atoms. The smallest absolute Gasteiger partial charge is 0.155 e. The fourth-order valence-corrected chi connectivity index (χ4v) is 3.77. The number of imidazole rings is 1. The van der Waals surface area contributed by atoms with Crippen LogP contribution in [0.5, 0.6) is 0 Å². The Bertz CT molecular complexity index is 1230. The van der Waals surface area contributed by atoms with E-state index in [1.165, 1.54) is 12.4 Å². The van der Waals surface area contributed by atoms with Crippen molar-refractivity contribution in [3.63, 3.8) is 0 Å². The van der Waals surface area contributed by atoms with E-state index in [0.717, 1.165) is 35.3 Å². The van der Waals surface area contributed by atoms with Gasteiger partial charge in [0.15, 0.2) is 11.6 Å². The third-order valence-electron chi connectivity index (χ3n) is 5.35. The van der Waals surface area contributed by atoms with Crippen LogP contribution in [0.15, 0.2) is 43.0 Å². The van der Waals surface area contributed by atoms with Crippen LogP contribution in [-0.4, -0.2) is 24.5 Å². The molecule has 5 rings (SSSR count). The molecule has 0 saturated heterocycles. The molecule has 0 unspecified atom stereocenters. The highest BCUT2D eigenvalue weighted by atomic mass is 19.1. The zero-order valence-electron chi connectivity index (χ0n) is 16.4. The highest BCUT2D eigenvalue weighted by molar-refractivity contribution is 5.93. The molecule has 0 radical (unpaired) electrons. The van der Waals surface area contributed by atoms with Crippen LogP contribution >= 0.6 is 0 Å². The summed E-state index contributed by atoms with van der Waals surface area (Å²) in [6.45, 7) is 1.97. The number of halogens is 1. The van der Waals surface area contributed by atoms with Gasteiger partial charge in [0.1, 0.15) is 23.7 Å². The molecule has 1 atom stereocenters. The van der Waals surface area contributed by atoms with Crippen molar-refractivity contribution in [1.29, 1.82) is 0 Å². The topological polar surface area (TPSA) is 121 Å². The summed E-state index contributed by atoms with van der Waals surface area (Å²) in [6, 6.07) is 6.88. The first-order valence-electron chi connectivity index (χ1n) is 9.77. The minimum Gasteiger partial charge on any atom is -0.393 e. The van der Waals surface area contributed by atoms with Gasteiger partial charge in [0.25, 0.3) is 0 Å². The van der Waals surface area contributed by atoms with Crippen molar-refractivity contribution in [3.8, 4) is 11.1 Å². The van der Waals surface area contributed by atoms with Gasteiger partial charge in [-0.1, -0.05) is 6.07 Å². The number of benzene rings is 1. The number of anilines is 3. The van der Waals surface area contributed by atoms with Crippen LogP contribution in [0.25, 0.3) is 22.2 Å². The van der Waals surface area contributed by atoms with E-state index in [-0.39, 0.29) is 23.7 Å². The molecular weight excluding hydrogens is 383 g/mol. The van der Waals surface area contributed by atoms with E-state index in [1.54, 1.807) is 24.5 Å². The zero-order valence-corrected chi connectivity index (χ0v) is 16.4. The number of nitrogens with two attached hydrogens (primary N) is 2. The fourth-order valence-electron chi connectivity index (χ4n) is 3.77. The summed E-state index contributed by atoms with van der Waals surface area (Å²) in [6.07, 6.45) is 6.76. The first kappa shape index (κ1) is 18.3. The number of hydrogen-bond acceptors (Lipinski definition) is 7. The van der Waals surface area contributed by atoms with E-state index in [9.17, 15) is 4.39 Å². The number of rotatable bonds is 5. The van der Waals surface area contributed by atoms with E-state index in [2.05, 4.69) is 24.8 Å². The van der Waals surface area contributed by atoms with Gasteiger partial charge in [0.2, 0.25) is 0 Å². The Morgan fingerprint density at radius 1 is 1.20 bits per heavy atom. The predicted octanol–water partition coefficient (Wildman–Crippen LogP) is 3.70. The summed E-state index contributed by atoms with van der Waals surface area (Å²) >= 11 is 0. The summed E-state index contributed by atoms with van der Waals surface area (Å²) in [7, 11) is 0. The number of nitrogen functional groups attached to an aromatic ring is 2. The third kappa shape index (κ3) is 2.99. The molecule has 1 aliphatic carbocycles. The molecule has 3 aromatic heterocycles. The molecule has 4 aromatic rings. The standard InChI is InChI=1S/C21H21FN8/c1-11(28-20-17(23)19(24)26-10-27-20)21-29-15-7-6-14(22)16(12-3-2-8-25-9-12)18(15)30(21)13-4-5-13/h2-3,6-11,13H,4-5,23H2,1H3,(H3,24,26,27,28)/t11-/m0/s1. The van der Waals surface area contributed by atoms with Crippen molar-refractivity contribution in [2.75, 3.05) is 16.8 Å². The van der Waals surface area contributed by atoms with Crippen LogP contribution in [0.1, 0.15) is 37.7 Å². The fraction of sp³-hybridized carbons (Fsp3) is 0.238. The van der Waals surface area contributed by atoms with E-state index < -0.39 is 0 Å². The molecule has 1 aromatic carbocycles. The van der Waals surface area contributed by atoms with Gasteiger partial charge in [0.05, 0.1) is 17.1 Å². The zero-order chi connectivity index (χ0) is 20.8. The third-order valence-corrected chi connectivity index (χ3v) is 5.35. The monoisotopic (exact) mass is 404 g/mol. The molecule has 0 bridgehead atoms. The van der Waals surface area contributed by atoms with Crippen LogP contribution in [0.2, 0.25) is 0 Å². The molecule has 1 aliphatic rings. The number of fused-ring (bicyclic) bond motifs is 1. The van der Waals surface area contributed by atoms with Crippen LogP contribution in [0.3, 0.4) is 0 Å². The molecule has 5 N–H and O–H groups in total. The maximum absolute atomic E-state index is 15.0. The van der Waals surface area contributed by atoms with Crippen LogP contribution in [0.4, 0.5) is 21.7 Å². The summed E-state index contributed by atoms with van der Waals surface area (Å²) in [4.78, 5) is 17.1. The van der Waals surface area contributed by atoms with Crippen molar-refractivity contribution >= 4 is 28.4 Å². The second kappa shape index (κ2) is 6.94. The predicted molar refractivity (Wildman–Crippen MR) is 114 cm³/mol. The van der Waals surface area contributed by atoms with E-state index in [0.29, 0.717) is 17.1 Å². The number of aromatic nitrogens is 5. The number of pyridine rings is 1. The molecule has 1 fully saturated rings. The number of nitrogens with zero attached hydrogens (tertiary/aromatic N) is 5. The van der Waals surface area contributed by atoms with Gasteiger partial charge < -0.3 is 21.4 Å². The maximum Gasteiger partial charge on any atom is 0.155 e. The second-order valence-electron chi connectivity index (χ2n) is 7.49. The summed E-state index contributed by atoms with van der Waals surface area (Å²) in [5, 5.41) is 3.28. The minimum absolute atomic E-state index is 0.219. The lowest BCUT2D eigenvalue weighted by Crippen LogP contribution is -2.16. The van der Waals surface area contributed by atoms with Crippen molar-refractivity contribution in [2.24, 2.45) is 0 Å². The summed E-state index contributed by atoms with van der Waals surface area (Å²) < 4.78 is 17.1. The molecule has 3 heterocycles. The lowest BCUT2D eigenvalue weighted by molar-refractivity contribution is 0.629. The van der Waals surface area contributed by atoms with Gasteiger partial charge in [0, 0.05) is 29.6 Å². The van der Waals surface area contributed by atoms with Crippen molar-refractivity contribution in [2.45, 2.75) is 31.8 Å². The van der Waals surface area contributed by atoms with Gasteiger partial charge in [-0.05, 0) is 38.0 Å². The highest BCUT2D eigenvalue weighted by Crippen LogP contribution is 2.43. The molecule has 0 amide bonds. The Balaban J connectivity index is 1.66. The molecule has 152 valence electrons. The molecule has 30 heavy (non-hydrogen) atoms. The summed E-state index contributed by atoms with van der Waals surface area (Å²) in [5.41, 5.74) is 14.9. The normalized spacial score (nSPS) is 14.7. The molecule has 9 heteroatoms. The maximum atomic E-state index is 15.0. The number of nitrogens with one attached hydrogen (secondary N) is 1. The van der Waals surface area contributed by atoms with Crippen LogP contribution in [-0.2, 0) is 0 Å². The molecule has 1 saturated carbocycles. The van der Waals surface area contributed by atoms with Gasteiger partial charge in [-0.2, -0.15) is 0 Å². The Labute approximate surface area is 172 Å². The number of hydrogen-bond donors (Lipinski definition) is 3. The van der Waals surface area contributed by atoms with Crippen LogP contribution < -0.4 is 16.8 Å². The first-order chi connectivity index (χ1) is 14.5. The first-order valence-corrected chi connectivity index (χ1v) is 9.77. The summed E-state index contributed by atoms with van der Waals surface area (Å²) in [5.74, 6) is 1.16. The van der Waals surface area contributed by atoms with Gasteiger partial charge >= 0.3 is 0 Å². The Hall–Kier alpha value is -3.75. The quantitative estimate of drug-likeness (QED) is 0.464. The Kier molecular flexibility index (Phi) is 4.23. The van der Waals surface area contributed by atoms with E-state index >= 15 is 0 Å². The van der Waals surface area contributed by atoms with Gasteiger partial charge in [-0.15, -0.1) is 0 Å². The average Bonchev–Trinajstić information content (AvgIpc) is 3.51. The van der Waals surface area contributed by atoms with Crippen LogP contribution in [0, 0.1) is 5.82 Å². The van der Waals surface area contributed by atoms with Gasteiger partial charge in [-0.3, -0.25) is 4.98 Å². The lowest BCUT2D eigenvalue weighted by atomic mass is 10.1. The largest absolute Gasteiger partial charge is 0.393 e. The van der Waals surface area contributed by atoms with Crippen molar-refractivity contribution in [3.05, 3.63) is 54.6 Å².